The number of ether oxygens (including phenoxy) is 2. The summed E-state index contributed by atoms with van der Waals surface area (Å²) in [6.45, 7) is 3.03. The predicted octanol–water partition coefficient (Wildman–Crippen LogP) is 1.22. The Labute approximate surface area is 190 Å². The Morgan fingerprint density at radius 1 is 1.33 bits per heavy atom. The quantitative estimate of drug-likeness (QED) is 0.348. The van der Waals surface area contributed by atoms with E-state index in [0.717, 1.165) is 4.57 Å². The summed E-state index contributed by atoms with van der Waals surface area (Å²) >= 11 is 0. The first-order chi connectivity index (χ1) is 15.6. The number of hydrogen-bond acceptors (Lipinski definition) is 10. The number of nitrogens with zero attached hydrogens (tertiary/aromatic N) is 2. The van der Waals surface area contributed by atoms with Crippen molar-refractivity contribution in [2.24, 2.45) is 0 Å². The monoisotopic (exact) mass is 482 g/mol. The van der Waals surface area contributed by atoms with E-state index >= 15 is 0 Å². The van der Waals surface area contributed by atoms with Gasteiger partial charge in [0, 0.05) is 12.6 Å². The van der Waals surface area contributed by atoms with Crippen molar-refractivity contribution in [1.29, 1.82) is 0 Å². The van der Waals surface area contributed by atoms with Gasteiger partial charge in [0.25, 0.3) is 0 Å². The number of aromatic nitrogens is 2. The van der Waals surface area contributed by atoms with E-state index in [4.69, 9.17) is 19.5 Å². The predicted molar refractivity (Wildman–Crippen MR) is 117 cm³/mol. The minimum atomic E-state index is -4.11. The lowest BCUT2D eigenvalue weighted by molar-refractivity contribution is -0.142. The molecule has 1 aliphatic rings. The third-order valence-electron chi connectivity index (χ3n) is 4.95. The Morgan fingerprint density at radius 2 is 2.03 bits per heavy atom. The van der Waals surface area contributed by atoms with Crippen LogP contribution in [0.3, 0.4) is 0 Å². The van der Waals surface area contributed by atoms with Crippen molar-refractivity contribution in [2.45, 2.75) is 50.8 Å². The van der Waals surface area contributed by atoms with Gasteiger partial charge in [0.2, 0.25) is 0 Å². The lowest BCUT2D eigenvalue weighted by Crippen LogP contribution is -2.37. The Morgan fingerprint density at radius 3 is 2.67 bits per heavy atom. The maximum atomic E-state index is 13.5. The number of carbonyl (C=O) groups excluding carboxylic acids is 1. The third kappa shape index (κ3) is 6.18. The van der Waals surface area contributed by atoms with Crippen LogP contribution in [0.1, 0.15) is 26.5 Å². The number of aliphatic hydroxyl groups excluding tert-OH is 1. The zero-order chi connectivity index (χ0) is 24.2. The fourth-order valence-corrected chi connectivity index (χ4v) is 5.01. The van der Waals surface area contributed by atoms with Gasteiger partial charge < -0.3 is 24.8 Å². The number of benzene rings is 1. The molecule has 0 amide bonds. The number of rotatable bonds is 9. The minimum Gasteiger partial charge on any atom is -0.468 e. The highest BCUT2D eigenvalue weighted by molar-refractivity contribution is 7.52. The van der Waals surface area contributed by atoms with E-state index < -0.39 is 50.0 Å². The van der Waals surface area contributed by atoms with Crippen LogP contribution in [0.2, 0.25) is 0 Å². The molecule has 6 atom stereocenters. The van der Waals surface area contributed by atoms with Gasteiger partial charge in [-0.15, -0.1) is 0 Å². The van der Waals surface area contributed by atoms with Gasteiger partial charge in [-0.25, -0.2) is 9.36 Å². The molecule has 1 aromatic heterocycles. The molecule has 0 radical (unpaired) electrons. The second kappa shape index (κ2) is 10.4. The van der Waals surface area contributed by atoms with Crippen molar-refractivity contribution in [1.82, 2.24) is 14.6 Å². The van der Waals surface area contributed by atoms with Crippen LogP contribution in [-0.2, 0) is 23.4 Å². The zero-order valence-corrected chi connectivity index (χ0v) is 19.3. The SMILES string of the molecule is COC(=O)[C@@H](C)N[P@](=O)(Oc1ccccc1)O[C@H](C)[C@@H]1C[C@@H](O)[C@H](n2ccc(N)nc2=O)O1. The number of anilines is 1. The highest BCUT2D eigenvalue weighted by Gasteiger charge is 2.42. The normalized spacial score (nSPS) is 23.9. The van der Waals surface area contributed by atoms with Gasteiger partial charge >= 0.3 is 19.4 Å². The Kier molecular flexibility index (Phi) is 7.88. The molecular weight excluding hydrogens is 455 g/mol. The molecule has 0 saturated carbocycles. The summed E-state index contributed by atoms with van der Waals surface area (Å²) in [5.41, 5.74) is 4.83. The number of nitrogens with one attached hydrogen (secondary N) is 1. The van der Waals surface area contributed by atoms with Crippen LogP contribution in [0.25, 0.3) is 0 Å². The average Bonchev–Trinajstić information content (AvgIpc) is 3.15. The molecule has 180 valence electrons. The zero-order valence-electron chi connectivity index (χ0n) is 18.4. The van der Waals surface area contributed by atoms with Crippen molar-refractivity contribution >= 4 is 19.5 Å². The molecule has 1 aliphatic heterocycles. The van der Waals surface area contributed by atoms with Crippen LogP contribution in [0, 0.1) is 0 Å². The van der Waals surface area contributed by atoms with Crippen molar-refractivity contribution in [3.05, 3.63) is 53.1 Å². The lowest BCUT2D eigenvalue weighted by atomic mass is 10.1. The summed E-state index contributed by atoms with van der Waals surface area (Å²) in [6, 6.07) is 8.70. The Hall–Kier alpha value is -2.76. The van der Waals surface area contributed by atoms with E-state index in [1.807, 2.05) is 0 Å². The number of nitrogen functional groups attached to an aromatic ring is 1. The van der Waals surface area contributed by atoms with E-state index in [0.29, 0.717) is 0 Å². The molecule has 12 nitrogen and oxygen atoms in total. The summed E-state index contributed by atoms with van der Waals surface area (Å²) in [5.74, 6) is -0.366. The van der Waals surface area contributed by atoms with Gasteiger partial charge in [-0.1, -0.05) is 18.2 Å². The largest absolute Gasteiger partial charge is 0.468 e. The topological polar surface area (TPSA) is 164 Å². The third-order valence-corrected chi connectivity index (χ3v) is 6.71. The molecule has 4 N–H and O–H groups in total. The number of hydrogen-bond donors (Lipinski definition) is 3. The first-order valence-electron chi connectivity index (χ1n) is 10.2. The molecule has 33 heavy (non-hydrogen) atoms. The summed E-state index contributed by atoms with van der Waals surface area (Å²) in [6.07, 6.45) is -2.25. The standard InChI is InChI=1S/C20H27N4O8P/c1-12(19(26)29-3)23-33(28,32-14-7-5-4-6-8-14)31-13(2)16-11-15(25)18(30-16)24-10-9-17(21)22-20(24)27/h4-10,12-13,15-16,18,25H,11H2,1-3H3,(H,23,28)(H2,21,22,27)/t12-,13-,15-,16+,18-,33-/m1/s1. The molecule has 2 heterocycles. The number of para-hydroxylation sites is 1. The summed E-state index contributed by atoms with van der Waals surface area (Å²) in [4.78, 5) is 27.6. The van der Waals surface area contributed by atoms with Crippen molar-refractivity contribution in [3.8, 4) is 5.75 Å². The second-order valence-electron chi connectivity index (χ2n) is 7.50. The molecule has 13 heteroatoms. The van der Waals surface area contributed by atoms with Crippen molar-refractivity contribution < 1.29 is 33.0 Å². The maximum Gasteiger partial charge on any atom is 0.459 e. The molecule has 1 saturated heterocycles. The van der Waals surface area contributed by atoms with E-state index in [1.54, 1.807) is 37.3 Å². The summed E-state index contributed by atoms with van der Waals surface area (Å²) in [7, 11) is -2.91. The van der Waals surface area contributed by atoms with E-state index in [1.165, 1.54) is 26.3 Å². The first-order valence-corrected chi connectivity index (χ1v) is 11.7. The molecule has 0 aliphatic carbocycles. The first kappa shape index (κ1) is 24.9. The van der Waals surface area contributed by atoms with E-state index in [2.05, 4.69) is 14.8 Å². The van der Waals surface area contributed by atoms with Crippen LogP contribution in [0.4, 0.5) is 5.82 Å². The molecule has 3 rings (SSSR count). The van der Waals surface area contributed by atoms with Gasteiger partial charge in [0.15, 0.2) is 6.23 Å². The number of carbonyl (C=O) groups is 1. The van der Waals surface area contributed by atoms with Gasteiger partial charge in [-0.05, 0) is 32.0 Å². The molecule has 0 bridgehead atoms. The molecule has 1 fully saturated rings. The number of esters is 1. The van der Waals surface area contributed by atoms with Gasteiger partial charge in [0.1, 0.15) is 23.7 Å². The fourth-order valence-electron chi connectivity index (χ4n) is 3.30. The minimum absolute atomic E-state index is 0.0433. The van der Waals surface area contributed by atoms with Gasteiger partial charge in [0.05, 0.1) is 19.3 Å². The molecule has 1 aromatic carbocycles. The number of methoxy groups -OCH3 is 1. The van der Waals surface area contributed by atoms with Crippen LogP contribution in [0.5, 0.6) is 5.75 Å². The van der Waals surface area contributed by atoms with Gasteiger partial charge in [-0.2, -0.15) is 10.1 Å². The lowest BCUT2D eigenvalue weighted by Gasteiger charge is -2.27. The smallest absolute Gasteiger partial charge is 0.459 e. The number of nitrogens with two attached hydrogens (primary N) is 1. The van der Waals surface area contributed by atoms with E-state index in [-0.39, 0.29) is 18.0 Å². The molecule has 0 spiro atoms. The maximum absolute atomic E-state index is 13.5. The summed E-state index contributed by atoms with van der Waals surface area (Å²) in [5, 5.41) is 13.0. The Bertz CT molecular complexity index is 1070. The average molecular weight is 482 g/mol. The van der Waals surface area contributed by atoms with Crippen LogP contribution < -0.4 is 21.0 Å². The van der Waals surface area contributed by atoms with Crippen LogP contribution in [-0.4, -0.2) is 52.1 Å². The fraction of sp³-hybridized carbons (Fsp3) is 0.450. The highest BCUT2D eigenvalue weighted by atomic mass is 31.2. The van der Waals surface area contributed by atoms with Gasteiger partial charge in [-0.3, -0.25) is 13.9 Å². The molecule has 2 aromatic rings. The Balaban J connectivity index is 1.77. The second-order valence-corrected chi connectivity index (χ2v) is 9.14. The summed E-state index contributed by atoms with van der Waals surface area (Å²) < 4.78 is 36.5. The molecule has 0 unspecified atom stereocenters. The number of aliphatic hydroxyl groups is 1. The molecular formula is C20H27N4O8P. The van der Waals surface area contributed by atoms with Crippen LogP contribution in [0.15, 0.2) is 47.4 Å². The van der Waals surface area contributed by atoms with Crippen LogP contribution >= 0.6 is 7.75 Å². The van der Waals surface area contributed by atoms with Crippen molar-refractivity contribution in [2.75, 3.05) is 12.8 Å². The van der Waals surface area contributed by atoms with Crippen molar-refractivity contribution in [3.63, 3.8) is 0 Å². The highest BCUT2D eigenvalue weighted by Crippen LogP contribution is 2.47. The van der Waals surface area contributed by atoms with E-state index in [9.17, 15) is 19.3 Å².